The lowest BCUT2D eigenvalue weighted by Crippen LogP contribution is -2.13. The number of amides is 1. The molecule has 1 N–H and O–H groups in total. The van der Waals surface area contributed by atoms with E-state index >= 15 is 0 Å². The van der Waals surface area contributed by atoms with E-state index in [1.165, 1.54) is 6.33 Å². The van der Waals surface area contributed by atoms with Gasteiger partial charge in [-0.2, -0.15) is 0 Å². The summed E-state index contributed by atoms with van der Waals surface area (Å²) in [5, 5.41) is 2.77. The van der Waals surface area contributed by atoms with Gasteiger partial charge in [0.1, 0.15) is 17.9 Å². The summed E-state index contributed by atoms with van der Waals surface area (Å²) in [4.78, 5) is 20.5. The molecule has 0 aliphatic rings. The SMILES string of the molecule is COc1ccccc1-c1cc(NC(=O)c2ccccc2)ncn1. The molecule has 1 heterocycles. The minimum Gasteiger partial charge on any atom is -0.496 e. The van der Waals surface area contributed by atoms with Crippen LogP contribution in [0.3, 0.4) is 0 Å². The fourth-order valence-electron chi connectivity index (χ4n) is 2.21. The number of carbonyl (C=O) groups excluding carboxylic acids is 1. The standard InChI is InChI=1S/C18H15N3O2/c1-23-16-10-6-5-9-14(16)15-11-17(20-12-19-15)21-18(22)13-7-3-2-4-8-13/h2-12H,1H3,(H,19,20,21,22). The van der Waals surface area contributed by atoms with Crippen molar-refractivity contribution in [3.8, 4) is 17.0 Å². The predicted octanol–water partition coefficient (Wildman–Crippen LogP) is 3.40. The van der Waals surface area contributed by atoms with Gasteiger partial charge in [0.15, 0.2) is 0 Å². The summed E-state index contributed by atoms with van der Waals surface area (Å²) in [6.07, 6.45) is 1.42. The normalized spacial score (nSPS) is 10.1. The van der Waals surface area contributed by atoms with Crippen LogP contribution in [0.5, 0.6) is 5.75 Å². The Kier molecular flexibility index (Phi) is 4.29. The molecule has 0 fully saturated rings. The van der Waals surface area contributed by atoms with Crippen LogP contribution in [-0.2, 0) is 0 Å². The maximum absolute atomic E-state index is 12.2. The van der Waals surface area contributed by atoms with Gasteiger partial charge in [-0.15, -0.1) is 0 Å². The largest absolute Gasteiger partial charge is 0.496 e. The Morgan fingerprint density at radius 1 is 1.00 bits per heavy atom. The fraction of sp³-hybridized carbons (Fsp3) is 0.0556. The molecule has 0 radical (unpaired) electrons. The van der Waals surface area contributed by atoms with E-state index in [-0.39, 0.29) is 5.91 Å². The quantitative estimate of drug-likeness (QED) is 0.802. The Labute approximate surface area is 134 Å². The van der Waals surface area contributed by atoms with Crippen molar-refractivity contribution in [3.63, 3.8) is 0 Å². The number of nitrogens with one attached hydrogen (secondary N) is 1. The molecule has 0 atom stereocenters. The van der Waals surface area contributed by atoms with Crippen molar-refractivity contribution in [2.75, 3.05) is 12.4 Å². The molecule has 2 aromatic carbocycles. The van der Waals surface area contributed by atoms with Gasteiger partial charge in [-0.05, 0) is 24.3 Å². The number of methoxy groups -OCH3 is 1. The monoisotopic (exact) mass is 305 g/mol. The summed E-state index contributed by atoms with van der Waals surface area (Å²) < 4.78 is 5.34. The lowest BCUT2D eigenvalue weighted by atomic mass is 10.1. The van der Waals surface area contributed by atoms with E-state index in [4.69, 9.17) is 4.74 Å². The fourth-order valence-corrected chi connectivity index (χ4v) is 2.21. The Balaban J connectivity index is 1.87. The molecule has 3 aromatic rings. The molecule has 0 spiro atoms. The van der Waals surface area contributed by atoms with Crippen LogP contribution in [0.15, 0.2) is 67.0 Å². The second-order valence-electron chi connectivity index (χ2n) is 4.81. The van der Waals surface area contributed by atoms with Gasteiger partial charge in [-0.3, -0.25) is 4.79 Å². The first-order chi connectivity index (χ1) is 11.3. The zero-order valence-corrected chi connectivity index (χ0v) is 12.6. The van der Waals surface area contributed by atoms with Gasteiger partial charge in [-0.25, -0.2) is 9.97 Å². The Morgan fingerprint density at radius 3 is 2.52 bits per heavy atom. The van der Waals surface area contributed by atoms with Crippen molar-refractivity contribution < 1.29 is 9.53 Å². The predicted molar refractivity (Wildman–Crippen MR) is 88.4 cm³/mol. The van der Waals surface area contributed by atoms with Crippen molar-refractivity contribution in [1.82, 2.24) is 9.97 Å². The lowest BCUT2D eigenvalue weighted by Gasteiger charge is -2.09. The highest BCUT2D eigenvalue weighted by Gasteiger charge is 2.10. The molecule has 0 unspecified atom stereocenters. The smallest absolute Gasteiger partial charge is 0.256 e. The summed E-state index contributed by atoms with van der Waals surface area (Å²) >= 11 is 0. The van der Waals surface area contributed by atoms with Crippen molar-refractivity contribution in [2.45, 2.75) is 0 Å². The minimum atomic E-state index is -0.213. The van der Waals surface area contributed by atoms with E-state index in [0.29, 0.717) is 22.8 Å². The molecule has 0 saturated carbocycles. The molecule has 0 aliphatic carbocycles. The van der Waals surface area contributed by atoms with Crippen LogP contribution in [0, 0.1) is 0 Å². The van der Waals surface area contributed by atoms with Crippen molar-refractivity contribution in [3.05, 3.63) is 72.6 Å². The summed E-state index contributed by atoms with van der Waals surface area (Å²) in [5.74, 6) is 0.941. The van der Waals surface area contributed by atoms with Crippen LogP contribution in [0.4, 0.5) is 5.82 Å². The Bertz CT molecular complexity index is 819. The number of hydrogen-bond acceptors (Lipinski definition) is 4. The average Bonchev–Trinajstić information content (AvgIpc) is 2.62. The number of nitrogens with zero attached hydrogens (tertiary/aromatic N) is 2. The number of rotatable bonds is 4. The summed E-state index contributed by atoms with van der Waals surface area (Å²) in [5.41, 5.74) is 2.10. The molecule has 3 rings (SSSR count). The summed E-state index contributed by atoms with van der Waals surface area (Å²) in [6.45, 7) is 0. The maximum Gasteiger partial charge on any atom is 0.256 e. The molecule has 1 aromatic heterocycles. The zero-order chi connectivity index (χ0) is 16.1. The van der Waals surface area contributed by atoms with E-state index in [2.05, 4.69) is 15.3 Å². The first-order valence-corrected chi connectivity index (χ1v) is 7.10. The second-order valence-corrected chi connectivity index (χ2v) is 4.81. The molecular weight excluding hydrogens is 290 g/mol. The molecule has 0 aliphatic heterocycles. The molecule has 1 amide bonds. The number of ether oxygens (including phenoxy) is 1. The molecular formula is C18H15N3O2. The highest BCUT2D eigenvalue weighted by atomic mass is 16.5. The Morgan fingerprint density at radius 2 is 1.74 bits per heavy atom. The van der Waals surface area contributed by atoms with E-state index in [1.807, 2.05) is 42.5 Å². The van der Waals surface area contributed by atoms with Crippen molar-refractivity contribution in [1.29, 1.82) is 0 Å². The van der Waals surface area contributed by atoms with Gasteiger partial charge >= 0.3 is 0 Å². The zero-order valence-electron chi connectivity index (χ0n) is 12.6. The number of carbonyl (C=O) groups is 1. The van der Waals surface area contributed by atoms with E-state index in [9.17, 15) is 4.79 Å². The molecule has 0 bridgehead atoms. The van der Waals surface area contributed by atoms with Crippen molar-refractivity contribution >= 4 is 11.7 Å². The van der Waals surface area contributed by atoms with Crippen LogP contribution in [-0.4, -0.2) is 23.0 Å². The molecule has 5 heteroatoms. The third kappa shape index (κ3) is 3.35. The van der Waals surface area contributed by atoms with Gasteiger partial charge in [0, 0.05) is 17.2 Å². The van der Waals surface area contributed by atoms with Gasteiger partial charge in [0.25, 0.3) is 5.91 Å². The van der Waals surface area contributed by atoms with Crippen LogP contribution >= 0.6 is 0 Å². The van der Waals surface area contributed by atoms with E-state index in [0.717, 1.165) is 5.56 Å². The van der Waals surface area contributed by atoms with Crippen LogP contribution in [0.2, 0.25) is 0 Å². The van der Waals surface area contributed by atoms with Gasteiger partial charge in [0.2, 0.25) is 0 Å². The molecule has 5 nitrogen and oxygen atoms in total. The van der Waals surface area contributed by atoms with Gasteiger partial charge in [0.05, 0.1) is 12.8 Å². The highest BCUT2D eigenvalue weighted by Crippen LogP contribution is 2.28. The molecule has 23 heavy (non-hydrogen) atoms. The maximum atomic E-state index is 12.2. The number of hydrogen-bond donors (Lipinski definition) is 1. The van der Waals surface area contributed by atoms with Crippen LogP contribution < -0.4 is 10.1 Å². The average molecular weight is 305 g/mol. The number of anilines is 1. The van der Waals surface area contributed by atoms with Gasteiger partial charge in [-0.1, -0.05) is 30.3 Å². The topological polar surface area (TPSA) is 64.1 Å². The second kappa shape index (κ2) is 6.70. The van der Waals surface area contributed by atoms with Crippen molar-refractivity contribution in [2.24, 2.45) is 0 Å². The summed E-state index contributed by atoms with van der Waals surface area (Å²) in [7, 11) is 1.61. The minimum absolute atomic E-state index is 0.213. The van der Waals surface area contributed by atoms with Crippen LogP contribution in [0.1, 0.15) is 10.4 Å². The lowest BCUT2D eigenvalue weighted by molar-refractivity contribution is 0.102. The van der Waals surface area contributed by atoms with Gasteiger partial charge < -0.3 is 10.1 Å². The number of benzene rings is 2. The molecule has 114 valence electrons. The third-order valence-corrected chi connectivity index (χ3v) is 3.33. The molecule has 0 saturated heterocycles. The first-order valence-electron chi connectivity index (χ1n) is 7.10. The number of para-hydroxylation sites is 1. The highest BCUT2D eigenvalue weighted by molar-refractivity contribution is 6.03. The first kappa shape index (κ1) is 14.7. The van der Waals surface area contributed by atoms with Crippen LogP contribution in [0.25, 0.3) is 11.3 Å². The third-order valence-electron chi connectivity index (χ3n) is 3.33. The Hall–Kier alpha value is -3.21. The van der Waals surface area contributed by atoms with E-state index in [1.54, 1.807) is 25.3 Å². The number of aromatic nitrogens is 2. The summed E-state index contributed by atoms with van der Waals surface area (Å²) in [6, 6.07) is 18.3. The van der Waals surface area contributed by atoms with E-state index < -0.39 is 0 Å².